The highest BCUT2D eigenvalue weighted by atomic mass is 15.2. The molecule has 0 aliphatic heterocycles. The Morgan fingerprint density at radius 3 is 1.58 bits per heavy atom. The molecule has 0 radical (unpaired) electrons. The van der Waals surface area contributed by atoms with Crippen LogP contribution in [-0.4, -0.2) is 23.5 Å². The maximum Gasteiger partial charge on any atom is 0.108 e. The predicted octanol–water partition coefficient (Wildman–Crippen LogP) is 5.01. The first-order chi connectivity index (χ1) is 11.5. The Labute approximate surface area is 146 Å². The van der Waals surface area contributed by atoms with Gasteiger partial charge < -0.3 is 0 Å². The molecule has 0 fully saturated rings. The van der Waals surface area contributed by atoms with Crippen LogP contribution in [0.3, 0.4) is 0 Å². The van der Waals surface area contributed by atoms with Gasteiger partial charge in [-0.2, -0.15) is 5.26 Å². The molecule has 2 nitrogen and oxygen atoms in total. The second kappa shape index (κ2) is 8.13. The largest absolute Gasteiger partial charge is 0.298 e. The zero-order valence-electron chi connectivity index (χ0n) is 15.2. The van der Waals surface area contributed by atoms with Crippen molar-refractivity contribution in [3.05, 3.63) is 71.8 Å². The Bertz CT molecular complexity index is 606. The molecule has 0 heterocycles. The van der Waals surface area contributed by atoms with E-state index in [1.54, 1.807) is 0 Å². The Morgan fingerprint density at radius 1 is 0.833 bits per heavy atom. The highest BCUT2D eigenvalue weighted by molar-refractivity contribution is 5.45. The van der Waals surface area contributed by atoms with Gasteiger partial charge in [0.1, 0.15) is 5.41 Å². The minimum atomic E-state index is -0.607. The monoisotopic (exact) mass is 320 g/mol. The molecule has 0 spiro atoms. The van der Waals surface area contributed by atoms with Gasteiger partial charge in [-0.15, -0.1) is 0 Å². The molecule has 0 aromatic heterocycles. The molecule has 2 aromatic rings. The van der Waals surface area contributed by atoms with Crippen molar-refractivity contribution in [2.45, 2.75) is 51.6 Å². The average Bonchev–Trinajstić information content (AvgIpc) is 2.60. The molecule has 0 amide bonds. The van der Waals surface area contributed by atoms with Crippen LogP contribution >= 0.6 is 0 Å². The highest BCUT2D eigenvalue weighted by Gasteiger charge is 2.35. The van der Waals surface area contributed by atoms with E-state index in [1.807, 2.05) is 36.4 Å². The van der Waals surface area contributed by atoms with Crippen LogP contribution in [0.2, 0.25) is 0 Å². The summed E-state index contributed by atoms with van der Waals surface area (Å²) in [5, 5.41) is 10.2. The maximum absolute atomic E-state index is 10.2. The number of nitriles is 1. The molecule has 0 saturated heterocycles. The fourth-order valence-corrected chi connectivity index (χ4v) is 3.50. The minimum absolute atomic E-state index is 0.466. The molecule has 0 saturated carbocycles. The van der Waals surface area contributed by atoms with Crippen LogP contribution in [0.25, 0.3) is 0 Å². The summed E-state index contributed by atoms with van der Waals surface area (Å²) < 4.78 is 0. The van der Waals surface area contributed by atoms with E-state index in [1.165, 1.54) is 0 Å². The zero-order valence-corrected chi connectivity index (χ0v) is 15.2. The van der Waals surface area contributed by atoms with Crippen LogP contribution in [0.4, 0.5) is 0 Å². The Balaban J connectivity index is 2.42. The van der Waals surface area contributed by atoms with Crippen molar-refractivity contribution >= 4 is 0 Å². The van der Waals surface area contributed by atoms with Crippen LogP contribution in [0.5, 0.6) is 0 Å². The SMILES string of the molecule is CC(C)N(CCC(C#N)(c1ccccc1)c1ccccc1)C(C)C. The summed E-state index contributed by atoms with van der Waals surface area (Å²) in [4.78, 5) is 2.46. The topological polar surface area (TPSA) is 27.0 Å². The molecule has 0 bridgehead atoms. The van der Waals surface area contributed by atoms with Crippen molar-refractivity contribution in [3.8, 4) is 6.07 Å². The third kappa shape index (κ3) is 3.86. The van der Waals surface area contributed by atoms with Crippen molar-refractivity contribution in [2.24, 2.45) is 0 Å². The summed E-state index contributed by atoms with van der Waals surface area (Å²) in [7, 11) is 0. The second-order valence-corrected chi connectivity index (χ2v) is 6.92. The molecular weight excluding hydrogens is 292 g/mol. The van der Waals surface area contributed by atoms with Gasteiger partial charge in [0.2, 0.25) is 0 Å². The first-order valence-electron chi connectivity index (χ1n) is 8.79. The quantitative estimate of drug-likeness (QED) is 0.717. The number of nitrogens with zero attached hydrogens (tertiary/aromatic N) is 2. The van der Waals surface area contributed by atoms with Gasteiger partial charge in [-0.1, -0.05) is 60.7 Å². The van der Waals surface area contributed by atoms with Crippen LogP contribution in [-0.2, 0) is 5.41 Å². The van der Waals surface area contributed by atoms with Gasteiger partial charge in [0, 0.05) is 18.6 Å². The first-order valence-corrected chi connectivity index (χ1v) is 8.79. The van der Waals surface area contributed by atoms with Crippen molar-refractivity contribution < 1.29 is 0 Å². The van der Waals surface area contributed by atoms with E-state index in [9.17, 15) is 5.26 Å². The fraction of sp³-hybridized carbons (Fsp3) is 0.409. The standard InChI is InChI=1S/C22H28N2/c1-18(2)24(19(3)4)16-15-22(17-23,20-11-7-5-8-12-20)21-13-9-6-10-14-21/h5-14,18-19H,15-16H2,1-4H3. The lowest BCUT2D eigenvalue weighted by Crippen LogP contribution is -2.41. The summed E-state index contributed by atoms with van der Waals surface area (Å²) >= 11 is 0. The molecule has 2 rings (SSSR count). The Kier molecular flexibility index (Phi) is 6.17. The van der Waals surface area contributed by atoms with Gasteiger partial charge in [-0.3, -0.25) is 4.90 Å². The molecule has 24 heavy (non-hydrogen) atoms. The molecule has 0 aliphatic carbocycles. The summed E-state index contributed by atoms with van der Waals surface area (Å²) in [6.07, 6.45) is 0.786. The lowest BCUT2D eigenvalue weighted by atomic mass is 9.73. The van der Waals surface area contributed by atoms with E-state index >= 15 is 0 Å². The predicted molar refractivity (Wildman–Crippen MR) is 101 cm³/mol. The van der Waals surface area contributed by atoms with Gasteiger partial charge in [-0.25, -0.2) is 0 Å². The number of hydrogen-bond acceptors (Lipinski definition) is 2. The lowest BCUT2D eigenvalue weighted by molar-refractivity contribution is 0.166. The van der Waals surface area contributed by atoms with E-state index in [-0.39, 0.29) is 0 Å². The van der Waals surface area contributed by atoms with E-state index in [0.717, 1.165) is 24.1 Å². The van der Waals surface area contributed by atoms with Crippen LogP contribution < -0.4 is 0 Å². The normalized spacial score (nSPS) is 11.9. The first kappa shape index (κ1) is 18.2. The molecule has 0 N–H and O–H groups in total. The van der Waals surface area contributed by atoms with Gasteiger partial charge in [0.25, 0.3) is 0 Å². The molecule has 2 aromatic carbocycles. The third-order valence-electron chi connectivity index (χ3n) is 4.80. The van der Waals surface area contributed by atoms with Gasteiger partial charge in [0.15, 0.2) is 0 Å². The van der Waals surface area contributed by atoms with Gasteiger partial charge in [-0.05, 0) is 45.2 Å². The summed E-state index contributed by atoms with van der Waals surface area (Å²) in [6, 6.07) is 24.0. The van der Waals surface area contributed by atoms with Crippen LogP contribution in [0.1, 0.15) is 45.2 Å². The second-order valence-electron chi connectivity index (χ2n) is 6.92. The Morgan fingerprint density at radius 2 is 1.25 bits per heavy atom. The van der Waals surface area contributed by atoms with E-state index in [4.69, 9.17) is 0 Å². The van der Waals surface area contributed by atoms with Crippen LogP contribution in [0.15, 0.2) is 60.7 Å². The fourth-order valence-electron chi connectivity index (χ4n) is 3.50. The average molecular weight is 320 g/mol. The minimum Gasteiger partial charge on any atom is -0.298 e. The number of benzene rings is 2. The third-order valence-corrected chi connectivity index (χ3v) is 4.80. The summed E-state index contributed by atoms with van der Waals surface area (Å²) in [5.41, 5.74) is 1.54. The molecule has 126 valence electrons. The smallest absolute Gasteiger partial charge is 0.108 e. The van der Waals surface area contributed by atoms with Gasteiger partial charge in [0.05, 0.1) is 6.07 Å². The summed E-state index contributed by atoms with van der Waals surface area (Å²) in [5.74, 6) is 0. The van der Waals surface area contributed by atoms with Crippen molar-refractivity contribution in [1.82, 2.24) is 4.90 Å². The lowest BCUT2D eigenvalue weighted by Gasteiger charge is -2.35. The number of rotatable bonds is 7. The van der Waals surface area contributed by atoms with E-state index in [2.05, 4.69) is 62.9 Å². The molecule has 2 heteroatoms. The van der Waals surface area contributed by atoms with Crippen molar-refractivity contribution in [1.29, 1.82) is 5.26 Å². The summed E-state index contributed by atoms with van der Waals surface area (Å²) in [6.45, 7) is 9.78. The molecule has 0 aliphatic rings. The highest BCUT2D eigenvalue weighted by Crippen LogP contribution is 2.35. The molecule has 0 atom stereocenters. The van der Waals surface area contributed by atoms with Crippen molar-refractivity contribution in [3.63, 3.8) is 0 Å². The zero-order chi connectivity index (χ0) is 17.6. The Hall–Kier alpha value is -2.11. The molecule has 0 unspecified atom stereocenters. The van der Waals surface area contributed by atoms with Crippen molar-refractivity contribution in [2.75, 3.05) is 6.54 Å². The van der Waals surface area contributed by atoms with E-state index < -0.39 is 5.41 Å². The number of hydrogen-bond donors (Lipinski definition) is 0. The van der Waals surface area contributed by atoms with E-state index in [0.29, 0.717) is 12.1 Å². The van der Waals surface area contributed by atoms with Crippen LogP contribution in [0, 0.1) is 11.3 Å². The van der Waals surface area contributed by atoms with Gasteiger partial charge >= 0.3 is 0 Å². The molecular formula is C22H28N2. The maximum atomic E-state index is 10.2.